The molecule has 3 rings (SSSR count). The van der Waals surface area contributed by atoms with Crippen LogP contribution in [0, 0.1) is 13.8 Å². The van der Waals surface area contributed by atoms with E-state index < -0.39 is 22.5 Å². The van der Waals surface area contributed by atoms with E-state index in [1.165, 1.54) is 12.1 Å². The molecule has 0 aliphatic rings. The number of sulfonamides is 1. The van der Waals surface area contributed by atoms with E-state index in [1.54, 1.807) is 49.4 Å². The maximum absolute atomic E-state index is 13.3. The lowest BCUT2D eigenvalue weighted by atomic mass is 10.1. The maximum atomic E-state index is 13.3. The molecule has 0 fully saturated rings. The number of para-hydroxylation sites is 1. The van der Waals surface area contributed by atoms with Gasteiger partial charge in [-0.1, -0.05) is 65.7 Å². The fourth-order valence-electron chi connectivity index (χ4n) is 2.92. The smallest absolute Gasteiger partial charge is 0.264 e. The first-order chi connectivity index (χ1) is 14.8. The molecule has 6 nitrogen and oxygen atoms in total. The van der Waals surface area contributed by atoms with Crippen LogP contribution >= 0.6 is 0 Å². The maximum Gasteiger partial charge on any atom is 0.264 e. The van der Waals surface area contributed by atoms with Crippen LogP contribution in [0.4, 0.5) is 5.69 Å². The highest BCUT2D eigenvalue weighted by molar-refractivity contribution is 7.92. The van der Waals surface area contributed by atoms with E-state index in [-0.39, 0.29) is 4.90 Å². The summed E-state index contributed by atoms with van der Waals surface area (Å²) in [4.78, 5) is 12.7. The van der Waals surface area contributed by atoms with Gasteiger partial charge >= 0.3 is 0 Å². The molecule has 160 valence electrons. The Hall–Kier alpha value is -3.45. The third kappa shape index (κ3) is 5.58. The van der Waals surface area contributed by atoms with Crippen molar-refractivity contribution in [1.82, 2.24) is 5.43 Å². The number of rotatable bonds is 7. The number of hydrogen-bond acceptors (Lipinski definition) is 4. The van der Waals surface area contributed by atoms with E-state index in [1.807, 2.05) is 38.1 Å². The third-order valence-electron chi connectivity index (χ3n) is 4.76. The van der Waals surface area contributed by atoms with Crippen molar-refractivity contribution in [2.45, 2.75) is 25.7 Å². The molecule has 3 aromatic carbocycles. The number of benzene rings is 3. The summed E-state index contributed by atoms with van der Waals surface area (Å²) in [5.41, 5.74) is 6.44. The largest absolute Gasteiger partial charge is 0.271 e. The van der Waals surface area contributed by atoms with E-state index in [0.29, 0.717) is 11.4 Å². The zero-order valence-corrected chi connectivity index (χ0v) is 18.6. The fraction of sp³-hybridized carbons (Fsp3) is 0.167. The first kappa shape index (κ1) is 22.2. The minimum Gasteiger partial charge on any atom is -0.271 e. The van der Waals surface area contributed by atoms with Crippen molar-refractivity contribution < 1.29 is 13.2 Å². The predicted octanol–water partition coefficient (Wildman–Crippen LogP) is 4.04. The molecule has 0 aromatic heterocycles. The van der Waals surface area contributed by atoms with Crippen LogP contribution in [0.15, 0.2) is 88.9 Å². The molecule has 0 atom stereocenters. The van der Waals surface area contributed by atoms with Crippen LogP contribution in [-0.4, -0.2) is 26.6 Å². The molecule has 0 unspecified atom stereocenters. The highest BCUT2D eigenvalue weighted by Crippen LogP contribution is 2.23. The van der Waals surface area contributed by atoms with Crippen molar-refractivity contribution in [3.8, 4) is 0 Å². The Morgan fingerprint density at radius 1 is 0.871 bits per heavy atom. The number of carbonyl (C=O) groups is 1. The van der Waals surface area contributed by atoms with Crippen LogP contribution in [0.3, 0.4) is 0 Å². The van der Waals surface area contributed by atoms with Crippen molar-refractivity contribution in [2.24, 2.45) is 5.10 Å². The van der Waals surface area contributed by atoms with Crippen LogP contribution in [0.5, 0.6) is 0 Å². The van der Waals surface area contributed by atoms with Gasteiger partial charge in [0.2, 0.25) is 0 Å². The molecular weight excluding hydrogens is 410 g/mol. The SMILES string of the molecule is C/C(=N/NC(=O)CN(c1ccccc1)S(=O)(=O)c1ccc(C)cc1)c1ccc(C)cc1. The lowest BCUT2D eigenvalue weighted by Gasteiger charge is -2.23. The summed E-state index contributed by atoms with van der Waals surface area (Å²) in [5, 5.41) is 4.13. The van der Waals surface area contributed by atoms with Gasteiger partial charge in [0, 0.05) is 0 Å². The number of hydrogen-bond donors (Lipinski definition) is 1. The number of hydrazone groups is 1. The number of nitrogens with zero attached hydrogens (tertiary/aromatic N) is 2. The van der Waals surface area contributed by atoms with Crippen LogP contribution < -0.4 is 9.73 Å². The highest BCUT2D eigenvalue weighted by Gasteiger charge is 2.27. The average molecular weight is 436 g/mol. The summed E-state index contributed by atoms with van der Waals surface area (Å²) in [6.07, 6.45) is 0. The lowest BCUT2D eigenvalue weighted by molar-refractivity contribution is -0.119. The Morgan fingerprint density at radius 3 is 2.00 bits per heavy atom. The number of nitrogens with one attached hydrogen (secondary N) is 1. The van der Waals surface area contributed by atoms with Gasteiger partial charge in [-0.3, -0.25) is 9.10 Å². The number of anilines is 1. The number of carbonyl (C=O) groups excluding carboxylic acids is 1. The number of aryl methyl sites for hydroxylation is 2. The molecule has 0 radical (unpaired) electrons. The van der Waals surface area contributed by atoms with Crippen molar-refractivity contribution in [2.75, 3.05) is 10.8 Å². The second-order valence-electron chi connectivity index (χ2n) is 7.26. The van der Waals surface area contributed by atoms with Gasteiger partial charge in [0.05, 0.1) is 16.3 Å². The average Bonchev–Trinajstić information content (AvgIpc) is 2.77. The van der Waals surface area contributed by atoms with Crippen LogP contribution in [0.25, 0.3) is 0 Å². The molecule has 3 aromatic rings. The van der Waals surface area contributed by atoms with E-state index in [0.717, 1.165) is 21.0 Å². The van der Waals surface area contributed by atoms with Crippen molar-refractivity contribution >= 4 is 27.3 Å². The van der Waals surface area contributed by atoms with E-state index >= 15 is 0 Å². The van der Waals surface area contributed by atoms with Gasteiger partial charge in [-0.25, -0.2) is 13.8 Å². The van der Waals surface area contributed by atoms with Gasteiger partial charge < -0.3 is 0 Å². The number of amides is 1. The molecule has 1 N–H and O–H groups in total. The molecule has 0 saturated heterocycles. The summed E-state index contributed by atoms with van der Waals surface area (Å²) in [6, 6.07) is 22.8. The van der Waals surface area contributed by atoms with E-state index in [4.69, 9.17) is 0 Å². The molecule has 0 bridgehead atoms. The monoisotopic (exact) mass is 435 g/mol. The van der Waals surface area contributed by atoms with Gasteiger partial charge in [-0.15, -0.1) is 0 Å². The van der Waals surface area contributed by atoms with Crippen molar-refractivity contribution in [1.29, 1.82) is 0 Å². The highest BCUT2D eigenvalue weighted by atomic mass is 32.2. The molecular formula is C24H25N3O3S. The Kier molecular flexibility index (Phi) is 6.87. The van der Waals surface area contributed by atoms with Gasteiger partial charge in [0.1, 0.15) is 6.54 Å². The summed E-state index contributed by atoms with van der Waals surface area (Å²) < 4.78 is 27.6. The first-order valence-electron chi connectivity index (χ1n) is 9.82. The zero-order valence-electron chi connectivity index (χ0n) is 17.7. The normalized spacial score (nSPS) is 11.8. The first-order valence-corrected chi connectivity index (χ1v) is 11.3. The van der Waals surface area contributed by atoms with Crippen LogP contribution in [0.2, 0.25) is 0 Å². The summed E-state index contributed by atoms with van der Waals surface area (Å²) >= 11 is 0. The minimum absolute atomic E-state index is 0.120. The minimum atomic E-state index is -3.94. The van der Waals surface area contributed by atoms with Crippen molar-refractivity contribution in [3.05, 3.63) is 95.6 Å². The summed E-state index contributed by atoms with van der Waals surface area (Å²) in [7, 11) is -3.94. The second-order valence-corrected chi connectivity index (χ2v) is 9.12. The Bertz CT molecular complexity index is 1170. The Morgan fingerprint density at radius 2 is 1.42 bits per heavy atom. The topological polar surface area (TPSA) is 78.8 Å². The molecule has 0 aliphatic carbocycles. The quantitative estimate of drug-likeness (QED) is 0.449. The van der Waals surface area contributed by atoms with Gasteiger partial charge in [0.15, 0.2) is 0 Å². The van der Waals surface area contributed by atoms with Crippen molar-refractivity contribution in [3.63, 3.8) is 0 Å². The molecule has 31 heavy (non-hydrogen) atoms. The molecule has 1 amide bonds. The Balaban J connectivity index is 1.83. The van der Waals surface area contributed by atoms with E-state index in [9.17, 15) is 13.2 Å². The standard InChI is InChI=1S/C24H25N3O3S/c1-18-9-13-21(14-10-18)20(3)25-26-24(28)17-27(22-7-5-4-6-8-22)31(29,30)23-15-11-19(2)12-16-23/h4-16H,17H2,1-3H3,(H,26,28)/b25-20-. The molecule has 7 heteroatoms. The summed E-state index contributed by atoms with van der Waals surface area (Å²) in [6.45, 7) is 5.26. The molecule has 0 aliphatic heterocycles. The fourth-order valence-corrected chi connectivity index (χ4v) is 4.34. The van der Waals surface area contributed by atoms with Crippen LogP contribution in [0.1, 0.15) is 23.6 Å². The van der Waals surface area contributed by atoms with Gasteiger partial charge in [-0.05, 0) is 50.6 Å². The molecule has 0 spiro atoms. The van der Waals surface area contributed by atoms with Gasteiger partial charge in [0.25, 0.3) is 15.9 Å². The lowest BCUT2D eigenvalue weighted by Crippen LogP contribution is -2.39. The van der Waals surface area contributed by atoms with Crippen LogP contribution in [-0.2, 0) is 14.8 Å². The third-order valence-corrected chi connectivity index (χ3v) is 6.55. The van der Waals surface area contributed by atoms with Gasteiger partial charge in [-0.2, -0.15) is 5.10 Å². The summed E-state index contributed by atoms with van der Waals surface area (Å²) in [5.74, 6) is -0.536. The molecule has 0 saturated carbocycles. The zero-order chi connectivity index (χ0) is 22.4. The Labute approximate surface area is 183 Å². The second kappa shape index (κ2) is 9.57. The predicted molar refractivity (Wildman–Crippen MR) is 124 cm³/mol. The van der Waals surface area contributed by atoms with E-state index in [2.05, 4.69) is 10.5 Å². The molecule has 0 heterocycles.